The lowest BCUT2D eigenvalue weighted by molar-refractivity contribution is -0.140. The van der Waals surface area contributed by atoms with Gasteiger partial charge in [-0.1, -0.05) is 54.1 Å². The molecule has 0 spiro atoms. The topological polar surface area (TPSA) is 0 Å². The Balaban J connectivity index is 2.56. The minimum absolute atomic E-state index is 0.00521. The SMILES string of the molecule is C=Cc1ccc(/C(F)=C/C(c2ccc(Cl)c(Cl)c2)C(F)(F)F)cc1C(F)(F)F. The second kappa shape index (κ2) is 8.17. The first-order valence-electron chi connectivity index (χ1n) is 7.57. The molecule has 0 aliphatic rings. The van der Waals surface area contributed by atoms with Crippen LogP contribution in [0.4, 0.5) is 30.7 Å². The lowest BCUT2D eigenvalue weighted by atomic mass is 9.95. The molecule has 0 aromatic heterocycles. The molecular weight excluding hydrogens is 432 g/mol. The van der Waals surface area contributed by atoms with Gasteiger partial charge in [-0.05, 0) is 35.4 Å². The number of benzene rings is 2. The van der Waals surface area contributed by atoms with Gasteiger partial charge in [-0.15, -0.1) is 0 Å². The van der Waals surface area contributed by atoms with Crippen LogP contribution in [0.2, 0.25) is 10.0 Å². The maximum absolute atomic E-state index is 14.5. The van der Waals surface area contributed by atoms with Crippen LogP contribution < -0.4 is 0 Å². The quantitative estimate of drug-likeness (QED) is 0.417. The summed E-state index contributed by atoms with van der Waals surface area (Å²) in [5.74, 6) is -3.90. The minimum Gasteiger partial charge on any atom is -0.207 e. The van der Waals surface area contributed by atoms with Gasteiger partial charge < -0.3 is 0 Å². The summed E-state index contributed by atoms with van der Waals surface area (Å²) in [5, 5.41) is -0.164. The average molecular weight is 443 g/mol. The summed E-state index contributed by atoms with van der Waals surface area (Å²) in [6.45, 7) is 3.23. The van der Waals surface area contributed by atoms with E-state index in [1.807, 2.05) is 0 Å². The zero-order chi connectivity index (χ0) is 21.3. The van der Waals surface area contributed by atoms with E-state index < -0.39 is 40.8 Å². The Morgan fingerprint density at radius 2 is 1.57 bits per heavy atom. The van der Waals surface area contributed by atoms with Gasteiger partial charge in [0.05, 0.1) is 15.6 Å². The van der Waals surface area contributed by atoms with Gasteiger partial charge in [-0.3, -0.25) is 0 Å². The summed E-state index contributed by atoms with van der Waals surface area (Å²) in [5.41, 5.74) is -2.58. The van der Waals surface area contributed by atoms with E-state index in [1.54, 1.807) is 0 Å². The highest BCUT2D eigenvalue weighted by atomic mass is 35.5. The zero-order valence-corrected chi connectivity index (χ0v) is 15.3. The lowest BCUT2D eigenvalue weighted by Gasteiger charge is -2.18. The summed E-state index contributed by atoms with van der Waals surface area (Å²) in [6.07, 6.45) is -8.62. The fraction of sp³-hybridized carbons (Fsp3) is 0.158. The molecular formula is C19H11Cl2F7. The largest absolute Gasteiger partial charge is 0.417 e. The molecule has 1 unspecified atom stereocenters. The predicted octanol–water partition coefficient (Wildman–Crippen LogP) is 8.31. The van der Waals surface area contributed by atoms with Crippen LogP contribution in [0.3, 0.4) is 0 Å². The normalized spacial score (nSPS) is 14.1. The third kappa shape index (κ3) is 5.08. The van der Waals surface area contributed by atoms with Crippen LogP contribution >= 0.6 is 23.2 Å². The second-order valence-corrected chi connectivity index (χ2v) is 6.53. The van der Waals surface area contributed by atoms with Crippen LogP contribution in [-0.4, -0.2) is 6.18 Å². The van der Waals surface area contributed by atoms with E-state index in [1.165, 1.54) is 0 Å². The van der Waals surface area contributed by atoms with Crippen LogP contribution in [0.5, 0.6) is 0 Å². The molecule has 0 radical (unpaired) electrons. The van der Waals surface area contributed by atoms with E-state index in [4.69, 9.17) is 23.2 Å². The van der Waals surface area contributed by atoms with E-state index in [9.17, 15) is 30.7 Å². The Morgan fingerprint density at radius 3 is 2.07 bits per heavy atom. The van der Waals surface area contributed by atoms with E-state index in [-0.39, 0.29) is 21.7 Å². The van der Waals surface area contributed by atoms with Crippen LogP contribution in [0.25, 0.3) is 11.9 Å². The molecule has 0 saturated heterocycles. The molecule has 0 heterocycles. The van der Waals surface area contributed by atoms with Crippen molar-refractivity contribution in [3.05, 3.63) is 81.4 Å². The Morgan fingerprint density at radius 1 is 0.929 bits per heavy atom. The van der Waals surface area contributed by atoms with Crippen molar-refractivity contribution in [3.8, 4) is 0 Å². The molecule has 2 aromatic rings. The van der Waals surface area contributed by atoms with Crippen LogP contribution in [0, 0.1) is 0 Å². The van der Waals surface area contributed by atoms with E-state index in [2.05, 4.69) is 6.58 Å². The van der Waals surface area contributed by atoms with Crippen molar-refractivity contribution in [2.75, 3.05) is 0 Å². The van der Waals surface area contributed by atoms with Gasteiger partial charge in [-0.2, -0.15) is 26.3 Å². The molecule has 28 heavy (non-hydrogen) atoms. The third-order valence-corrected chi connectivity index (χ3v) is 4.56. The predicted molar refractivity (Wildman–Crippen MR) is 95.9 cm³/mol. The van der Waals surface area contributed by atoms with Gasteiger partial charge in [0.2, 0.25) is 0 Å². The second-order valence-electron chi connectivity index (χ2n) is 5.71. The molecule has 2 aromatic carbocycles. The van der Waals surface area contributed by atoms with Crippen LogP contribution in [0.1, 0.15) is 28.2 Å². The standard InChI is InChI=1S/C19H11Cl2F7/c1-2-10-3-4-12(7-13(10)18(23,24)25)17(22)9-14(19(26,27)28)11-5-6-15(20)16(21)8-11/h2-9,14H,1H2/b17-9-. The molecule has 0 amide bonds. The van der Waals surface area contributed by atoms with Crippen LogP contribution in [-0.2, 0) is 6.18 Å². The zero-order valence-electron chi connectivity index (χ0n) is 13.8. The van der Waals surface area contributed by atoms with Crippen molar-refractivity contribution in [3.63, 3.8) is 0 Å². The number of rotatable bonds is 4. The van der Waals surface area contributed by atoms with Gasteiger partial charge in [0.15, 0.2) is 0 Å². The summed E-state index contributed by atoms with van der Waals surface area (Å²) in [4.78, 5) is 0. The highest BCUT2D eigenvalue weighted by Crippen LogP contribution is 2.41. The number of allylic oxidation sites excluding steroid dienone is 1. The summed E-state index contributed by atoms with van der Waals surface area (Å²) < 4.78 is 94.0. The first-order valence-corrected chi connectivity index (χ1v) is 8.33. The Kier molecular flexibility index (Phi) is 6.51. The van der Waals surface area contributed by atoms with E-state index >= 15 is 0 Å². The summed E-state index contributed by atoms with van der Waals surface area (Å²) in [7, 11) is 0. The van der Waals surface area contributed by atoms with Gasteiger partial charge in [0.25, 0.3) is 0 Å². The van der Waals surface area contributed by atoms with E-state index in [0.717, 1.165) is 36.4 Å². The average Bonchev–Trinajstić information content (AvgIpc) is 2.59. The van der Waals surface area contributed by atoms with Gasteiger partial charge in [0, 0.05) is 5.56 Å². The Bertz CT molecular complexity index is 911. The fourth-order valence-corrected chi connectivity index (χ4v) is 2.76. The van der Waals surface area contributed by atoms with Crippen molar-refractivity contribution in [1.82, 2.24) is 0 Å². The molecule has 0 nitrogen and oxygen atoms in total. The maximum Gasteiger partial charge on any atom is 0.417 e. The highest BCUT2D eigenvalue weighted by molar-refractivity contribution is 6.42. The van der Waals surface area contributed by atoms with Gasteiger partial charge in [0.1, 0.15) is 11.7 Å². The number of hydrogen-bond acceptors (Lipinski definition) is 0. The molecule has 0 aliphatic carbocycles. The van der Waals surface area contributed by atoms with Crippen molar-refractivity contribution in [2.24, 2.45) is 0 Å². The number of alkyl halides is 6. The highest BCUT2D eigenvalue weighted by Gasteiger charge is 2.40. The first-order chi connectivity index (χ1) is 12.8. The van der Waals surface area contributed by atoms with Crippen molar-refractivity contribution in [1.29, 1.82) is 0 Å². The number of halogens is 9. The number of hydrogen-bond donors (Lipinski definition) is 0. The molecule has 2 rings (SSSR count). The van der Waals surface area contributed by atoms with Crippen molar-refractivity contribution in [2.45, 2.75) is 18.3 Å². The molecule has 150 valence electrons. The summed E-state index contributed by atoms with van der Waals surface area (Å²) in [6, 6.07) is 5.36. The molecule has 1 atom stereocenters. The molecule has 0 bridgehead atoms. The summed E-state index contributed by atoms with van der Waals surface area (Å²) >= 11 is 11.4. The van der Waals surface area contributed by atoms with Crippen molar-refractivity contribution >= 4 is 35.1 Å². The molecule has 9 heteroatoms. The smallest absolute Gasteiger partial charge is 0.207 e. The molecule has 0 N–H and O–H groups in total. The van der Waals surface area contributed by atoms with Gasteiger partial charge >= 0.3 is 12.4 Å². The monoisotopic (exact) mass is 442 g/mol. The Hall–Kier alpha value is -1.99. The lowest BCUT2D eigenvalue weighted by Crippen LogP contribution is -2.19. The molecule has 0 fully saturated rings. The third-order valence-electron chi connectivity index (χ3n) is 3.82. The molecule has 0 aliphatic heterocycles. The Labute approximate surface area is 165 Å². The minimum atomic E-state index is -4.91. The van der Waals surface area contributed by atoms with Crippen molar-refractivity contribution < 1.29 is 30.7 Å². The van der Waals surface area contributed by atoms with Gasteiger partial charge in [-0.25, -0.2) is 4.39 Å². The fourth-order valence-electron chi connectivity index (χ4n) is 2.46. The maximum atomic E-state index is 14.5. The molecule has 0 saturated carbocycles. The first kappa shape index (κ1) is 22.3. The van der Waals surface area contributed by atoms with Crippen LogP contribution in [0.15, 0.2) is 49.1 Å². The van der Waals surface area contributed by atoms with E-state index in [0.29, 0.717) is 6.07 Å².